The van der Waals surface area contributed by atoms with Crippen molar-refractivity contribution >= 4 is 19.8 Å². The largest absolute Gasteiger partial charge is 0.469 e. The van der Waals surface area contributed by atoms with Crippen LogP contribution in [0.25, 0.3) is 0 Å². The first-order chi connectivity index (χ1) is 24.7. The maximum absolute atomic E-state index is 12.4. The van der Waals surface area contributed by atoms with Gasteiger partial charge in [0.05, 0.1) is 12.7 Å². The van der Waals surface area contributed by atoms with Crippen LogP contribution >= 0.6 is 7.82 Å². The molecule has 0 bridgehead atoms. The number of aliphatic hydroxyl groups is 1. The Labute approximate surface area is 308 Å². The molecule has 0 radical (unpaired) electrons. The third-order valence-corrected chi connectivity index (χ3v) is 7.96. The molecule has 0 aromatic carbocycles. The molecule has 0 saturated carbocycles. The van der Waals surface area contributed by atoms with Crippen molar-refractivity contribution in [2.75, 3.05) is 13.2 Å². The summed E-state index contributed by atoms with van der Waals surface area (Å²) in [5, 5.41) is 9.83. The Hall–Kier alpha value is -2.81. The number of unbranched alkanes of at least 4 members (excludes halogenated alkanes) is 9. The summed E-state index contributed by atoms with van der Waals surface area (Å²) in [4.78, 5) is 42.7. The molecular weight excluding hydrogens is 667 g/mol. The fourth-order valence-corrected chi connectivity index (χ4v) is 4.99. The second-order valence-electron chi connectivity index (χ2n) is 12.4. The molecule has 0 aliphatic rings. The van der Waals surface area contributed by atoms with Crippen LogP contribution in [0.2, 0.25) is 0 Å². The fraction of sp³-hybridized carbons (Fsp3) is 0.610. The molecule has 0 saturated heterocycles. The molecule has 0 aromatic rings. The van der Waals surface area contributed by atoms with Crippen LogP contribution in [-0.4, -0.2) is 52.3 Å². The van der Waals surface area contributed by atoms with Crippen molar-refractivity contribution in [3.05, 3.63) is 85.1 Å². The van der Waals surface area contributed by atoms with Crippen molar-refractivity contribution in [2.24, 2.45) is 0 Å². The average Bonchev–Trinajstić information content (AvgIpc) is 3.09. The number of ether oxygens (including phenoxy) is 2. The number of allylic oxidation sites excluding steroid dienone is 12. The highest BCUT2D eigenvalue weighted by atomic mass is 31.2. The van der Waals surface area contributed by atoms with Gasteiger partial charge in [-0.15, -0.1) is 0 Å². The predicted octanol–water partition coefficient (Wildman–Crippen LogP) is 10.3. The first-order valence-corrected chi connectivity index (χ1v) is 20.5. The van der Waals surface area contributed by atoms with Gasteiger partial charge in [0.25, 0.3) is 0 Å². The van der Waals surface area contributed by atoms with Crippen molar-refractivity contribution in [3.8, 4) is 0 Å². The third-order valence-electron chi connectivity index (χ3n) is 7.48. The van der Waals surface area contributed by atoms with E-state index in [4.69, 9.17) is 19.3 Å². The number of hydrogen-bond acceptors (Lipinski definition) is 7. The summed E-state index contributed by atoms with van der Waals surface area (Å²) in [5.74, 6) is -1.01. The van der Waals surface area contributed by atoms with E-state index in [1.54, 1.807) is 6.08 Å². The monoisotopic (exact) mass is 734 g/mol. The highest BCUT2D eigenvalue weighted by Crippen LogP contribution is 2.35. The molecule has 0 amide bonds. The van der Waals surface area contributed by atoms with E-state index in [0.717, 1.165) is 64.2 Å². The molecule has 0 rings (SSSR count). The first kappa shape index (κ1) is 48.2. The second kappa shape index (κ2) is 35.6. The fourth-order valence-electron chi connectivity index (χ4n) is 4.63. The van der Waals surface area contributed by atoms with E-state index in [0.29, 0.717) is 25.7 Å². The van der Waals surface area contributed by atoms with Gasteiger partial charge in [0.2, 0.25) is 0 Å². The van der Waals surface area contributed by atoms with E-state index in [2.05, 4.69) is 67.0 Å². The number of esters is 2. The zero-order chi connectivity index (χ0) is 37.7. The summed E-state index contributed by atoms with van der Waals surface area (Å²) in [5.41, 5.74) is 0. The minimum Gasteiger partial charge on any atom is -0.462 e. The topological polar surface area (TPSA) is 140 Å². The van der Waals surface area contributed by atoms with Crippen LogP contribution in [0.1, 0.15) is 136 Å². The van der Waals surface area contributed by atoms with Gasteiger partial charge >= 0.3 is 19.8 Å². The molecule has 0 heterocycles. The Bertz CT molecular complexity index is 1110. The summed E-state index contributed by atoms with van der Waals surface area (Å²) < 4.78 is 26.2. The molecule has 0 aromatic heterocycles. The van der Waals surface area contributed by atoms with Gasteiger partial charge < -0.3 is 24.4 Å². The van der Waals surface area contributed by atoms with Crippen LogP contribution in [0.3, 0.4) is 0 Å². The first-order valence-electron chi connectivity index (χ1n) is 19.0. The molecule has 2 atom stereocenters. The van der Waals surface area contributed by atoms with Crippen molar-refractivity contribution in [1.82, 2.24) is 0 Å². The van der Waals surface area contributed by atoms with Crippen molar-refractivity contribution in [1.29, 1.82) is 0 Å². The molecular formula is C41H67O9P. The Morgan fingerprint density at radius 3 is 1.84 bits per heavy atom. The van der Waals surface area contributed by atoms with Gasteiger partial charge in [0.15, 0.2) is 6.10 Å². The molecule has 10 heteroatoms. The Morgan fingerprint density at radius 2 is 1.20 bits per heavy atom. The number of rotatable bonds is 33. The summed E-state index contributed by atoms with van der Waals surface area (Å²) in [6, 6.07) is 0. The van der Waals surface area contributed by atoms with Crippen LogP contribution in [0, 0.1) is 0 Å². The number of phosphoric acid groups is 1. The molecule has 0 spiro atoms. The van der Waals surface area contributed by atoms with Crippen LogP contribution in [0.15, 0.2) is 85.1 Å². The average molecular weight is 735 g/mol. The van der Waals surface area contributed by atoms with Crippen LogP contribution in [-0.2, 0) is 28.2 Å². The van der Waals surface area contributed by atoms with Gasteiger partial charge in [0.1, 0.15) is 6.61 Å². The van der Waals surface area contributed by atoms with Gasteiger partial charge in [-0.05, 0) is 77.0 Å². The highest BCUT2D eigenvalue weighted by molar-refractivity contribution is 7.46. The van der Waals surface area contributed by atoms with Crippen molar-refractivity contribution in [3.63, 3.8) is 0 Å². The highest BCUT2D eigenvalue weighted by Gasteiger charge is 2.22. The summed E-state index contributed by atoms with van der Waals surface area (Å²) in [7, 11) is -4.79. The SMILES string of the molecule is CC/C=C/CC(O)/C=C/C=C/CCCCCCCC(=O)O[C@H](COC(=O)CCC/C=C\C/C=C\C/C=C\C/C=C\CCCCC)COP(=O)(O)O. The molecule has 1 unspecified atom stereocenters. The van der Waals surface area contributed by atoms with E-state index < -0.39 is 38.6 Å². The lowest BCUT2D eigenvalue weighted by molar-refractivity contribution is -0.161. The van der Waals surface area contributed by atoms with Gasteiger partial charge in [-0.3, -0.25) is 14.1 Å². The Balaban J connectivity index is 4.16. The van der Waals surface area contributed by atoms with E-state index in [9.17, 15) is 19.3 Å². The number of hydrogen-bond donors (Lipinski definition) is 3. The Kier molecular flexibility index (Phi) is 33.6. The molecule has 3 N–H and O–H groups in total. The minimum absolute atomic E-state index is 0.149. The van der Waals surface area contributed by atoms with Gasteiger partial charge in [-0.25, -0.2) is 4.57 Å². The van der Waals surface area contributed by atoms with Gasteiger partial charge in [-0.2, -0.15) is 0 Å². The van der Waals surface area contributed by atoms with E-state index in [1.165, 1.54) is 19.3 Å². The van der Waals surface area contributed by atoms with Crippen LogP contribution in [0.4, 0.5) is 0 Å². The lowest BCUT2D eigenvalue weighted by Crippen LogP contribution is -2.29. The Morgan fingerprint density at radius 1 is 0.627 bits per heavy atom. The zero-order valence-corrected chi connectivity index (χ0v) is 32.2. The summed E-state index contributed by atoms with van der Waals surface area (Å²) in [6.45, 7) is 3.35. The lowest BCUT2D eigenvalue weighted by atomic mass is 10.1. The number of carbonyl (C=O) groups excluding carboxylic acids is 2. The maximum Gasteiger partial charge on any atom is 0.469 e. The van der Waals surface area contributed by atoms with Gasteiger partial charge in [0, 0.05) is 12.8 Å². The molecule has 0 aliphatic carbocycles. The van der Waals surface area contributed by atoms with E-state index in [1.807, 2.05) is 30.4 Å². The smallest absolute Gasteiger partial charge is 0.462 e. The van der Waals surface area contributed by atoms with Gasteiger partial charge in [-0.1, -0.05) is 131 Å². The standard InChI is InChI=1S/C41H67O9P/c1-3-5-7-8-9-10-11-12-13-14-15-16-17-20-23-26-30-34-40(43)48-36-39(37-49-51(45,46)47)50-41(44)35-31-27-24-21-18-19-22-25-29-33-38(42)32-28-6-4-2/h6,9-10,12-13,15-16,20,22-23,25,28-29,33,38-39,42H,3-5,7-8,11,14,17-19,21,24,26-27,30-32,34-37H2,1-2H3,(H2,45,46,47)/b10-9-,13-12-,16-15-,23-20-,25-22+,28-6+,33-29+/t38?,39-/m1/s1. The number of phosphoric ester groups is 1. The molecule has 9 nitrogen and oxygen atoms in total. The maximum atomic E-state index is 12.4. The molecule has 0 fully saturated rings. The van der Waals surface area contributed by atoms with Crippen molar-refractivity contribution < 1.29 is 43.0 Å². The normalized spacial score (nSPS) is 14.1. The zero-order valence-electron chi connectivity index (χ0n) is 31.3. The molecule has 0 aliphatic heterocycles. The van der Waals surface area contributed by atoms with Crippen LogP contribution < -0.4 is 0 Å². The van der Waals surface area contributed by atoms with E-state index >= 15 is 0 Å². The van der Waals surface area contributed by atoms with Crippen molar-refractivity contribution in [2.45, 2.75) is 148 Å². The predicted molar refractivity (Wildman–Crippen MR) is 208 cm³/mol. The van der Waals surface area contributed by atoms with Crippen LogP contribution in [0.5, 0.6) is 0 Å². The summed E-state index contributed by atoms with van der Waals surface area (Å²) in [6.07, 6.45) is 43.5. The molecule has 51 heavy (non-hydrogen) atoms. The quantitative estimate of drug-likeness (QED) is 0.0198. The number of aliphatic hydroxyl groups excluding tert-OH is 1. The molecule has 290 valence electrons. The number of carbonyl (C=O) groups is 2. The second-order valence-corrected chi connectivity index (χ2v) is 13.6. The lowest BCUT2D eigenvalue weighted by Gasteiger charge is -2.18. The summed E-state index contributed by atoms with van der Waals surface area (Å²) >= 11 is 0. The minimum atomic E-state index is -4.79. The third kappa shape index (κ3) is 38.3. The van der Waals surface area contributed by atoms with E-state index in [-0.39, 0.29) is 19.4 Å².